The van der Waals surface area contributed by atoms with E-state index >= 15 is 0 Å². The maximum absolute atomic E-state index is 14.0. The van der Waals surface area contributed by atoms with E-state index in [1.54, 1.807) is 25.3 Å². The van der Waals surface area contributed by atoms with Crippen LogP contribution in [0.25, 0.3) is 16.8 Å². The minimum absolute atomic E-state index is 0.347. The fourth-order valence-electron chi connectivity index (χ4n) is 1.71. The topological polar surface area (TPSA) is 12.9 Å². The highest BCUT2D eigenvalue weighted by Gasteiger charge is 2.13. The number of aryl methyl sites for hydroxylation is 1. The second-order valence-corrected chi connectivity index (χ2v) is 5.23. The molecule has 0 unspecified atom stereocenters. The molecule has 2 rings (SSSR count). The summed E-state index contributed by atoms with van der Waals surface area (Å²) >= 11 is 12.0. The Morgan fingerprint density at radius 1 is 1.21 bits per heavy atom. The average molecular weight is 296 g/mol. The van der Waals surface area contributed by atoms with Crippen molar-refractivity contribution in [3.63, 3.8) is 0 Å². The number of halogens is 3. The van der Waals surface area contributed by atoms with Gasteiger partial charge in [0, 0.05) is 16.8 Å². The molecule has 0 atom stereocenters. The van der Waals surface area contributed by atoms with Crippen LogP contribution in [0.15, 0.2) is 31.0 Å². The van der Waals surface area contributed by atoms with Gasteiger partial charge in [0.2, 0.25) is 0 Å². The lowest BCUT2D eigenvalue weighted by Crippen LogP contribution is -1.93. The van der Waals surface area contributed by atoms with Crippen LogP contribution >= 0.6 is 23.2 Å². The Morgan fingerprint density at radius 3 is 2.47 bits per heavy atom. The minimum atomic E-state index is -0.437. The van der Waals surface area contributed by atoms with Crippen molar-refractivity contribution in [2.24, 2.45) is 0 Å². The fourth-order valence-corrected chi connectivity index (χ4v) is 2.13. The van der Waals surface area contributed by atoms with E-state index in [9.17, 15) is 4.39 Å². The van der Waals surface area contributed by atoms with Gasteiger partial charge in [0.15, 0.2) is 0 Å². The van der Waals surface area contributed by atoms with E-state index in [-0.39, 0.29) is 0 Å². The van der Waals surface area contributed by atoms with E-state index in [4.69, 9.17) is 23.2 Å². The summed E-state index contributed by atoms with van der Waals surface area (Å²) in [6.07, 6.45) is 1.63. The van der Waals surface area contributed by atoms with Gasteiger partial charge in [0.1, 0.15) is 5.82 Å². The SMILES string of the molecule is C=C(C)c1cnc(-c2cc(C)c(Cl)cc2F)c(Cl)c1. The average Bonchev–Trinajstić information content (AvgIpc) is 2.34. The summed E-state index contributed by atoms with van der Waals surface area (Å²) in [6.45, 7) is 7.49. The zero-order valence-electron chi connectivity index (χ0n) is 10.6. The first-order valence-corrected chi connectivity index (χ1v) is 6.43. The third-order valence-corrected chi connectivity index (χ3v) is 3.53. The van der Waals surface area contributed by atoms with Crippen molar-refractivity contribution in [3.05, 3.63) is 58.0 Å². The van der Waals surface area contributed by atoms with E-state index in [1.807, 2.05) is 6.92 Å². The summed E-state index contributed by atoms with van der Waals surface area (Å²) in [7, 11) is 0. The lowest BCUT2D eigenvalue weighted by molar-refractivity contribution is 0.630. The van der Waals surface area contributed by atoms with Crippen LogP contribution in [0.5, 0.6) is 0 Å². The second kappa shape index (κ2) is 5.32. The summed E-state index contributed by atoms with van der Waals surface area (Å²) < 4.78 is 14.0. The number of nitrogens with zero attached hydrogens (tertiary/aromatic N) is 1. The largest absolute Gasteiger partial charge is 0.254 e. The van der Waals surface area contributed by atoms with Crippen LogP contribution < -0.4 is 0 Å². The van der Waals surface area contributed by atoms with Crippen molar-refractivity contribution in [2.45, 2.75) is 13.8 Å². The zero-order valence-corrected chi connectivity index (χ0v) is 12.1. The molecule has 0 bridgehead atoms. The summed E-state index contributed by atoms with van der Waals surface area (Å²) in [6, 6.07) is 4.65. The molecular weight excluding hydrogens is 284 g/mol. The number of aromatic nitrogens is 1. The number of benzene rings is 1. The maximum Gasteiger partial charge on any atom is 0.134 e. The van der Waals surface area contributed by atoms with Crippen LogP contribution in [-0.4, -0.2) is 4.98 Å². The van der Waals surface area contributed by atoms with Crippen molar-refractivity contribution in [2.75, 3.05) is 0 Å². The van der Waals surface area contributed by atoms with E-state index in [0.29, 0.717) is 21.3 Å². The molecule has 1 nitrogen and oxygen atoms in total. The Labute approximate surface area is 121 Å². The minimum Gasteiger partial charge on any atom is -0.254 e. The molecule has 0 saturated carbocycles. The molecular formula is C15H12Cl2FN. The van der Waals surface area contributed by atoms with Gasteiger partial charge < -0.3 is 0 Å². The predicted molar refractivity (Wildman–Crippen MR) is 79.1 cm³/mol. The smallest absolute Gasteiger partial charge is 0.134 e. The molecule has 0 radical (unpaired) electrons. The molecule has 0 saturated heterocycles. The molecule has 0 N–H and O–H groups in total. The predicted octanol–water partition coefficient (Wildman–Crippen LogP) is 5.54. The third kappa shape index (κ3) is 2.80. The normalized spacial score (nSPS) is 10.6. The van der Waals surface area contributed by atoms with Gasteiger partial charge in [-0.15, -0.1) is 0 Å². The summed E-state index contributed by atoms with van der Waals surface area (Å²) in [4.78, 5) is 4.23. The first-order chi connectivity index (χ1) is 8.90. The molecule has 0 fully saturated rings. The first-order valence-electron chi connectivity index (χ1n) is 5.67. The molecule has 4 heteroatoms. The highest BCUT2D eigenvalue weighted by molar-refractivity contribution is 6.33. The molecule has 1 aromatic carbocycles. The molecule has 19 heavy (non-hydrogen) atoms. The summed E-state index contributed by atoms with van der Waals surface area (Å²) in [5.41, 5.74) is 3.22. The van der Waals surface area contributed by atoms with Gasteiger partial charge in [0.05, 0.1) is 10.7 Å². The van der Waals surface area contributed by atoms with E-state index in [0.717, 1.165) is 16.7 Å². The number of pyridine rings is 1. The standard InChI is InChI=1S/C15H12Cl2FN/c1-8(2)10-5-13(17)15(19-7-10)11-4-9(3)12(16)6-14(11)18/h4-7H,1H2,2-3H3. The van der Waals surface area contributed by atoms with Crippen LogP contribution in [0.3, 0.4) is 0 Å². The van der Waals surface area contributed by atoms with Crippen molar-refractivity contribution in [1.29, 1.82) is 0 Å². The van der Waals surface area contributed by atoms with Crippen molar-refractivity contribution < 1.29 is 4.39 Å². The van der Waals surface area contributed by atoms with Crippen LogP contribution in [0.1, 0.15) is 18.1 Å². The Bertz CT molecular complexity index is 665. The molecule has 2 aromatic rings. The Balaban J connectivity index is 2.59. The van der Waals surface area contributed by atoms with Crippen LogP contribution in [0.2, 0.25) is 10.0 Å². The molecule has 0 aliphatic carbocycles. The maximum atomic E-state index is 14.0. The highest BCUT2D eigenvalue weighted by Crippen LogP contribution is 2.32. The van der Waals surface area contributed by atoms with Gasteiger partial charge in [-0.2, -0.15) is 0 Å². The van der Waals surface area contributed by atoms with Gasteiger partial charge >= 0.3 is 0 Å². The Morgan fingerprint density at radius 2 is 1.89 bits per heavy atom. The number of allylic oxidation sites excluding steroid dienone is 1. The Hall–Kier alpha value is -1.38. The lowest BCUT2D eigenvalue weighted by Gasteiger charge is -2.09. The van der Waals surface area contributed by atoms with Crippen LogP contribution in [0, 0.1) is 12.7 Å². The highest BCUT2D eigenvalue weighted by atomic mass is 35.5. The van der Waals surface area contributed by atoms with Gasteiger partial charge in [-0.1, -0.05) is 29.8 Å². The van der Waals surface area contributed by atoms with Gasteiger partial charge in [-0.3, -0.25) is 4.98 Å². The quantitative estimate of drug-likeness (QED) is 0.709. The molecule has 98 valence electrons. The van der Waals surface area contributed by atoms with E-state index in [2.05, 4.69) is 11.6 Å². The first kappa shape index (κ1) is 14.0. The summed E-state index contributed by atoms with van der Waals surface area (Å²) in [5.74, 6) is -0.437. The number of hydrogen-bond donors (Lipinski definition) is 0. The number of rotatable bonds is 2. The molecule has 0 aliphatic rings. The third-order valence-electron chi connectivity index (χ3n) is 2.84. The number of hydrogen-bond acceptors (Lipinski definition) is 1. The van der Waals surface area contributed by atoms with E-state index in [1.165, 1.54) is 6.07 Å². The lowest BCUT2D eigenvalue weighted by atomic mass is 10.1. The van der Waals surface area contributed by atoms with Crippen LogP contribution in [-0.2, 0) is 0 Å². The van der Waals surface area contributed by atoms with Crippen molar-refractivity contribution >= 4 is 28.8 Å². The van der Waals surface area contributed by atoms with Crippen LogP contribution in [0.4, 0.5) is 4.39 Å². The van der Waals surface area contributed by atoms with Gasteiger partial charge in [-0.05, 0) is 48.7 Å². The monoisotopic (exact) mass is 295 g/mol. The molecule has 0 spiro atoms. The molecule has 1 aromatic heterocycles. The van der Waals surface area contributed by atoms with E-state index < -0.39 is 5.82 Å². The van der Waals surface area contributed by atoms with Crippen molar-refractivity contribution in [1.82, 2.24) is 4.98 Å². The van der Waals surface area contributed by atoms with Gasteiger partial charge in [-0.25, -0.2) is 4.39 Å². The van der Waals surface area contributed by atoms with Crippen molar-refractivity contribution in [3.8, 4) is 11.3 Å². The van der Waals surface area contributed by atoms with Gasteiger partial charge in [0.25, 0.3) is 0 Å². The second-order valence-electron chi connectivity index (χ2n) is 4.42. The molecule has 0 aliphatic heterocycles. The Kier molecular flexibility index (Phi) is 3.93. The molecule has 0 amide bonds. The fraction of sp³-hybridized carbons (Fsp3) is 0.133. The molecule has 1 heterocycles. The summed E-state index contributed by atoms with van der Waals surface area (Å²) in [5, 5.41) is 0.775. The zero-order chi connectivity index (χ0) is 14.2.